The first-order chi connectivity index (χ1) is 9.57. The third kappa shape index (κ3) is 4.80. The van der Waals surface area contributed by atoms with Crippen molar-refractivity contribution < 1.29 is 9.53 Å². The van der Waals surface area contributed by atoms with E-state index in [1.165, 1.54) is 0 Å². The molecule has 1 saturated heterocycles. The fraction of sp³-hybridized carbons (Fsp3) is 0.533. The van der Waals surface area contributed by atoms with Crippen LogP contribution in [0.4, 0.5) is 0 Å². The smallest absolute Gasteiger partial charge is 0.257 e. The van der Waals surface area contributed by atoms with Gasteiger partial charge in [-0.15, -0.1) is 0 Å². The molecule has 0 spiro atoms. The molecule has 5 heteroatoms. The van der Waals surface area contributed by atoms with Gasteiger partial charge in [0, 0.05) is 11.0 Å². The maximum atomic E-state index is 11.8. The van der Waals surface area contributed by atoms with Crippen LogP contribution in [0, 0.1) is 5.41 Å². The Bertz CT molecular complexity index is 442. The van der Waals surface area contributed by atoms with Crippen molar-refractivity contribution in [2.75, 3.05) is 26.2 Å². The fourth-order valence-corrected chi connectivity index (χ4v) is 2.51. The summed E-state index contributed by atoms with van der Waals surface area (Å²) in [7, 11) is 0. The third-order valence-electron chi connectivity index (χ3n) is 3.71. The average Bonchev–Trinajstić information content (AvgIpc) is 2.45. The second-order valence-electron chi connectivity index (χ2n) is 5.58. The highest BCUT2D eigenvalue weighted by atomic mass is 79.9. The van der Waals surface area contributed by atoms with E-state index in [0.29, 0.717) is 5.75 Å². The topological polar surface area (TPSA) is 50.4 Å². The molecule has 0 bridgehead atoms. The molecule has 0 radical (unpaired) electrons. The quantitative estimate of drug-likeness (QED) is 0.864. The Hall–Kier alpha value is -1.07. The number of amides is 1. The monoisotopic (exact) mass is 340 g/mol. The van der Waals surface area contributed by atoms with Gasteiger partial charge in [-0.05, 0) is 55.6 Å². The highest BCUT2D eigenvalue weighted by Crippen LogP contribution is 2.26. The molecule has 2 N–H and O–H groups in total. The van der Waals surface area contributed by atoms with E-state index in [2.05, 4.69) is 33.5 Å². The minimum Gasteiger partial charge on any atom is -0.484 e. The van der Waals surface area contributed by atoms with Crippen LogP contribution in [-0.4, -0.2) is 32.1 Å². The zero-order valence-electron chi connectivity index (χ0n) is 11.7. The van der Waals surface area contributed by atoms with E-state index in [1.54, 1.807) is 0 Å². The van der Waals surface area contributed by atoms with Crippen molar-refractivity contribution in [1.82, 2.24) is 10.6 Å². The lowest BCUT2D eigenvalue weighted by Gasteiger charge is -2.34. The van der Waals surface area contributed by atoms with Crippen LogP contribution in [0.5, 0.6) is 5.75 Å². The molecule has 2 rings (SSSR count). The molecule has 0 aliphatic carbocycles. The highest BCUT2D eigenvalue weighted by molar-refractivity contribution is 9.10. The Morgan fingerprint density at radius 1 is 1.35 bits per heavy atom. The number of piperidine rings is 1. The van der Waals surface area contributed by atoms with Crippen LogP contribution in [0.15, 0.2) is 28.7 Å². The predicted octanol–water partition coefficient (Wildman–Crippen LogP) is 2.33. The van der Waals surface area contributed by atoms with Gasteiger partial charge in [0.2, 0.25) is 0 Å². The largest absolute Gasteiger partial charge is 0.484 e. The molecule has 0 unspecified atom stereocenters. The summed E-state index contributed by atoms with van der Waals surface area (Å²) >= 11 is 3.36. The van der Waals surface area contributed by atoms with Gasteiger partial charge in [-0.3, -0.25) is 4.79 Å². The molecule has 1 aromatic rings. The number of hydrogen-bond donors (Lipinski definition) is 2. The summed E-state index contributed by atoms with van der Waals surface area (Å²) < 4.78 is 6.44. The Morgan fingerprint density at radius 2 is 2.00 bits per heavy atom. The molecule has 1 fully saturated rings. The molecular weight excluding hydrogens is 320 g/mol. The van der Waals surface area contributed by atoms with Gasteiger partial charge in [-0.25, -0.2) is 0 Å². The minimum atomic E-state index is -0.0623. The Kier molecular flexibility index (Phi) is 5.43. The third-order valence-corrected chi connectivity index (χ3v) is 4.24. The molecule has 1 amide bonds. The van der Waals surface area contributed by atoms with Crippen LogP contribution in [-0.2, 0) is 4.79 Å². The summed E-state index contributed by atoms with van der Waals surface area (Å²) in [6, 6.07) is 7.46. The van der Waals surface area contributed by atoms with Crippen molar-refractivity contribution in [1.29, 1.82) is 0 Å². The zero-order valence-corrected chi connectivity index (χ0v) is 13.3. The van der Waals surface area contributed by atoms with Crippen molar-refractivity contribution >= 4 is 21.8 Å². The molecule has 0 aromatic heterocycles. The number of rotatable bonds is 5. The van der Waals surface area contributed by atoms with E-state index in [0.717, 1.165) is 36.9 Å². The van der Waals surface area contributed by atoms with Crippen LogP contribution in [0.25, 0.3) is 0 Å². The zero-order chi connectivity index (χ0) is 14.4. The second kappa shape index (κ2) is 7.09. The van der Waals surface area contributed by atoms with E-state index in [9.17, 15) is 4.79 Å². The van der Waals surface area contributed by atoms with E-state index in [-0.39, 0.29) is 17.9 Å². The first-order valence-corrected chi connectivity index (χ1v) is 7.73. The van der Waals surface area contributed by atoms with Gasteiger partial charge in [0.15, 0.2) is 6.61 Å². The summed E-state index contributed by atoms with van der Waals surface area (Å²) in [5.74, 6) is 0.643. The van der Waals surface area contributed by atoms with E-state index in [4.69, 9.17) is 4.74 Å². The lowest BCUT2D eigenvalue weighted by Crippen LogP contribution is -2.43. The number of carbonyl (C=O) groups is 1. The van der Waals surface area contributed by atoms with Gasteiger partial charge in [0.05, 0.1) is 0 Å². The van der Waals surface area contributed by atoms with E-state index < -0.39 is 0 Å². The van der Waals surface area contributed by atoms with Gasteiger partial charge in [-0.1, -0.05) is 22.9 Å². The molecule has 4 nitrogen and oxygen atoms in total. The van der Waals surface area contributed by atoms with Gasteiger partial charge in [-0.2, -0.15) is 0 Å². The number of hydrogen-bond acceptors (Lipinski definition) is 3. The first-order valence-electron chi connectivity index (χ1n) is 6.93. The first kappa shape index (κ1) is 15.3. The SMILES string of the molecule is CC1(CNC(=O)COc2ccc(Br)cc2)CCNCC1. The van der Waals surface area contributed by atoms with Crippen molar-refractivity contribution in [3.05, 3.63) is 28.7 Å². The normalized spacial score (nSPS) is 17.5. The molecule has 1 aliphatic heterocycles. The maximum Gasteiger partial charge on any atom is 0.257 e. The van der Waals surface area contributed by atoms with Gasteiger partial charge >= 0.3 is 0 Å². The van der Waals surface area contributed by atoms with Crippen LogP contribution >= 0.6 is 15.9 Å². The summed E-state index contributed by atoms with van der Waals surface area (Å²) in [6.07, 6.45) is 2.20. The molecule has 1 aliphatic rings. The van der Waals surface area contributed by atoms with Crippen LogP contribution in [0.2, 0.25) is 0 Å². The Morgan fingerprint density at radius 3 is 2.65 bits per heavy atom. The number of carbonyl (C=O) groups excluding carboxylic acids is 1. The highest BCUT2D eigenvalue weighted by Gasteiger charge is 2.26. The Labute approximate surface area is 128 Å². The maximum absolute atomic E-state index is 11.8. The molecule has 1 aromatic carbocycles. The lowest BCUT2D eigenvalue weighted by atomic mass is 9.81. The van der Waals surface area contributed by atoms with Crippen molar-refractivity contribution in [3.63, 3.8) is 0 Å². The standard InChI is InChI=1S/C15H21BrN2O2/c1-15(6-8-17-9-7-15)11-18-14(19)10-20-13-4-2-12(16)3-5-13/h2-5,17H,6-11H2,1H3,(H,18,19). The fourth-order valence-electron chi connectivity index (χ4n) is 2.25. The number of halogens is 1. The van der Waals surface area contributed by atoms with Gasteiger partial charge in [0.25, 0.3) is 5.91 Å². The number of benzene rings is 1. The summed E-state index contributed by atoms with van der Waals surface area (Å²) in [5, 5.41) is 6.31. The van der Waals surface area contributed by atoms with Crippen molar-refractivity contribution in [2.24, 2.45) is 5.41 Å². The molecule has 1 heterocycles. The summed E-state index contributed by atoms with van der Waals surface area (Å²) in [6.45, 7) is 5.07. The lowest BCUT2D eigenvalue weighted by molar-refractivity contribution is -0.123. The molecule has 0 atom stereocenters. The van der Waals surface area contributed by atoms with Crippen LogP contribution in [0.1, 0.15) is 19.8 Å². The second-order valence-corrected chi connectivity index (χ2v) is 6.50. The van der Waals surface area contributed by atoms with Crippen molar-refractivity contribution in [2.45, 2.75) is 19.8 Å². The van der Waals surface area contributed by atoms with E-state index >= 15 is 0 Å². The molecular formula is C15H21BrN2O2. The van der Waals surface area contributed by atoms with Crippen molar-refractivity contribution in [3.8, 4) is 5.75 Å². The number of ether oxygens (including phenoxy) is 1. The summed E-state index contributed by atoms with van der Waals surface area (Å²) in [5.41, 5.74) is 0.207. The van der Waals surface area contributed by atoms with E-state index in [1.807, 2.05) is 24.3 Å². The molecule has 20 heavy (non-hydrogen) atoms. The van der Waals surface area contributed by atoms with Crippen LogP contribution < -0.4 is 15.4 Å². The number of nitrogens with one attached hydrogen (secondary N) is 2. The average molecular weight is 341 g/mol. The van der Waals surface area contributed by atoms with Crippen LogP contribution in [0.3, 0.4) is 0 Å². The molecule has 110 valence electrons. The summed E-state index contributed by atoms with van der Waals surface area (Å²) in [4.78, 5) is 11.8. The minimum absolute atomic E-state index is 0.0623. The Balaban J connectivity index is 1.71. The predicted molar refractivity (Wildman–Crippen MR) is 82.9 cm³/mol. The van der Waals surface area contributed by atoms with Gasteiger partial charge in [0.1, 0.15) is 5.75 Å². The van der Waals surface area contributed by atoms with Gasteiger partial charge < -0.3 is 15.4 Å². The molecule has 0 saturated carbocycles.